The van der Waals surface area contributed by atoms with Crippen molar-refractivity contribution in [2.75, 3.05) is 92.5 Å². The van der Waals surface area contributed by atoms with E-state index in [4.69, 9.17) is 33.2 Å². The molecule has 0 spiro atoms. The van der Waals surface area contributed by atoms with Crippen molar-refractivity contribution in [1.29, 1.82) is 0 Å². The van der Waals surface area contributed by atoms with Crippen LogP contribution < -0.4 is 0 Å². The van der Waals surface area contributed by atoms with E-state index in [-0.39, 0.29) is 18.4 Å². The summed E-state index contributed by atoms with van der Waals surface area (Å²) in [6.45, 7) is 10.5. The predicted octanol–water partition coefficient (Wildman–Crippen LogP) is 0.834. The van der Waals surface area contributed by atoms with E-state index in [1.807, 2.05) is 4.57 Å². The number of rotatable bonds is 25. The molecule has 0 fully saturated rings. The Morgan fingerprint density at radius 2 is 1.03 bits per heavy atom. The van der Waals surface area contributed by atoms with Crippen LogP contribution in [-0.2, 0) is 55.8 Å². The van der Waals surface area contributed by atoms with E-state index >= 15 is 0 Å². The molecule has 0 bridgehead atoms. The van der Waals surface area contributed by atoms with E-state index in [1.165, 1.54) is 12.2 Å². The number of nitrogens with zero attached hydrogens (tertiary/aromatic N) is 3. The van der Waals surface area contributed by atoms with Crippen molar-refractivity contribution in [3.05, 3.63) is 30.4 Å². The first kappa shape index (κ1) is 31.0. The molecule has 0 aliphatic carbocycles. The lowest BCUT2D eigenvalue weighted by Gasteiger charge is -2.11. The van der Waals surface area contributed by atoms with Gasteiger partial charge in [0.05, 0.1) is 104 Å². The molecule has 0 saturated heterocycles. The molecular formula is C25H41N3O9. The predicted molar refractivity (Wildman–Crippen MR) is 133 cm³/mol. The quantitative estimate of drug-likeness (QED) is 0.134. The fourth-order valence-electron chi connectivity index (χ4n) is 3.10. The number of carbonyl (C=O) groups is 2. The van der Waals surface area contributed by atoms with Gasteiger partial charge in [0.1, 0.15) is 0 Å². The molecule has 0 radical (unpaired) electrons. The largest absolute Gasteiger partial charge is 0.379 e. The van der Waals surface area contributed by atoms with Crippen LogP contribution in [-0.4, -0.2) is 119 Å². The van der Waals surface area contributed by atoms with Crippen molar-refractivity contribution in [3.8, 4) is 0 Å². The van der Waals surface area contributed by atoms with Crippen LogP contribution in [0.15, 0.2) is 24.7 Å². The minimum Gasteiger partial charge on any atom is -0.379 e. The topological polar surface area (TPSA) is 120 Å². The van der Waals surface area contributed by atoms with E-state index < -0.39 is 0 Å². The molecule has 2 heterocycles. The number of hydrogen-bond donors (Lipinski definition) is 0. The van der Waals surface area contributed by atoms with Crippen molar-refractivity contribution < 1.29 is 42.7 Å². The molecule has 0 unspecified atom stereocenters. The zero-order valence-corrected chi connectivity index (χ0v) is 21.8. The van der Waals surface area contributed by atoms with Crippen LogP contribution in [0.5, 0.6) is 0 Å². The first-order chi connectivity index (χ1) is 18.2. The van der Waals surface area contributed by atoms with Crippen LogP contribution in [0.2, 0.25) is 0 Å². The Balaban J connectivity index is 1.27. The average molecular weight is 528 g/mol. The Hall–Kier alpha value is -2.19. The lowest BCUT2D eigenvalue weighted by Crippen LogP contribution is -2.29. The van der Waals surface area contributed by atoms with Crippen LogP contribution in [0.3, 0.4) is 0 Å². The van der Waals surface area contributed by atoms with Crippen molar-refractivity contribution in [3.63, 3.8) is 0 Å². The van der Waals surface area contributed by atoms with Crippen LogP contribution in [0.4, 0.5) is 0 Å². The average Bonchev–Trinajstić information content (AvgIpc) is 3.48. The fraction of sp³-hybridized carbons (Fsp3) is 0.720. The van der Waals surface area contributed by atoms with Crippen LogP contribution in [0.25, 0.3) is 0 Å². The number of hydrogen-bond acceptors (Lipinski definition) is 10. The highest BCUT2D eigenvalue weighted by atomic mass is 16.6. The summed E-state index contributed by atoms with van der Waals surface area (Å²) in [4.78, 5) is 28.6. The van der Waals surface area contributed by atoms with E-state index in [1.54, 1.807) is 12.5 Å². The summed E-state index contributed by atoms with van der Waals surface area (Å²) in [5.41, 5.74) is 0.651. The molecule has 37 heavy (non-hydrogen) atoms. The third-order valence-corrected chi connectivity index (χ3v) is 4.98. The van der Waals surface area contributed by atoms with Crippen molar-refractivity contribution in [2.24, 2.45) is 0 Å². The minimum atomic E-state index is -0.315. The zero-order valence-electron chi connectivity index (χ0n) is 21.8. The van der Waals surface area contributed by atoms with E-state index in [0.717, 1.165) is 17.9 Å². The zero-order chi connectivity index (χ0) is 26.4. The molecule has 2 amide bonds. The molecule has 0 saturated carbocycles. The lowest BCUT2D eigenvalue weighted by atomic mass is 10.4. The molecule has 0 atom stereocenters. The smallest absolute Gasteiger partial charge is 0.253 e. The van der Waals surface area contributed by atoms with Gasteiger partial charge in [-0.25, -0.2) is 4.98 Å². The van der Waals surface area contributed by atoms with Crippen molar-refractivity contribution in [1.82, 2.24) is 14.5 Å². The number of imide groups is 1. The Kier molecular flexibility index (Phi) is 17.5. The third-order valence-electron chi connectivity index (χ3n) is 4.98. The second-order valence-electron chi connectivity index (χ2n) is 7.99. The summed E-state index contributed by atoms with van der Waals surface area (Å²) >= 11 is 0. The molecule has 12 heteroatoms. The Bertz CT molecular complexity index is 754. The summed E-state index contributed by atoms with van der Waals surface area (Å²) < 4.78 is 39.9. The van der Waals surface area contributed by atoms with Gasteiger partial charge in [0, 0.05) is 31.5 Å². The van der Waals surface area contributed by atoms with Gasteiger partial charge in [-0.05, 0) is 6.42 Å². The van der Waals surface area contributed by atoms with Gasteiger partial charge in [0.25, 0.3) is 11.8 Å². The molecule has 2 rings (SSSR count). The summed E-state index contributed by atoms with van der Waals surface area (Å²) in [6, 6.07) is 0. The summed E-state index contributed by atoms with van der Waals surface area (Å²) in [5.74, 6) is -0.630. The highest BCUT2D eigenvalue weighted by Crippen LogP contribution is 2.09. The summed E-state index contributed by atoms with van der Waals surface area (Å²) in [6.07, 6.45) is 7.01. The molecule has 1 aliphatic rings. The van der Waals surface area contributed by atoms with Gasteiger partial charge in [-0.15, -0.1) is 0 Å². The maximum atomic E-state index is 11.6. The van der Waals surface area contributed by atoms with Crippen LogP contribution in [0.1, 0.15) is 19.0 Å². The summed E-state index contributed by atoms with van der Waals surface area (Å²) in [7, 11) is 0. The third kappa shape index (κ3) is 15.0. The number of amides is 2. The van der Waals surface area contributed by atoms with E-state index in [0.29, 0.717) is 98.1 Å². The van der Waals surface area contributed by atoms with E-state index in [2.05, 4.69) is 11.9 Å². The van der Waals surface area contributed by atoms with Gasteiger partial charge in [0.2, 0.25) is 0 Å². The molecule has 0 aromatic carbocycles. The number of ether oxygens (including phenoxy) is 7. The van der Waals surface area contributed by atoms with Gasteiger partial charge in [-0.1, -0.05) is 6.92 Å². The minimum absolute atomic E-state index is 0.168. The number of aromatic nitrogens is 2. The molecule has 0 N–H and O–H groups in total. The highest BCUT2D eigenvalue weighted by molar-refractivity contribution is 6.12. The van der Waals surface area contributed by atoms with Gasteiger partial charge in [-0.2, -0.15) is 0 Å². The molecule has 12 nitrogen and oxygen atoms in total. The highest BCUT2D eigenvalue weighted by Gasteiger charge is 2.23. The molecular weight excluding hydrogens is 486 g/mol. The van der Waals surface area contributed by atoms with Crippen LogP contribution in [0, 0.1) is 0 Å². The number of imidazole rings is 1. The second kappa shape index (κ2) is 20.8. The first-order valence-electron chi connectivity index (χ1n) is 12.8. The van der Waals surface area contributed by atoms with Crippen molar-refractivity contribution in [2.45, 2.75) is 26.4 Å². The summed E-state index contributed by atoms with van der Waals surface area (Å²) in [5, 5.41) is 0. The number of carbonyl (C=O) groups excluding carboxylic acids is 2. The standard InChI is InChI=1S/C25H41N3O9/c1-2-6-31-8-10-33-12-14-35-16-18-37-19-17-36-15-13-34-11-9-32-7-5-27-20-23(26-22-27)21-28-24(29)3-4-25(28)30/h3-4,20,22H,2,5-19,21H2,1H3. The molecule has 1 aromatic rings. The monoisotopic (exact) mass is 527 g/mol. The SMILES string of the molecule is CCCOCCOCCOCCOCCOCCOCCOCCn1cnc(CN2C(=O)C=CC2=O)c1. The maximum absolute atomic E-state index is 11.6. The van der Waals surface area contributed by atoms with Crippen molar-refractivity contribution >= 4 is 11.8 Å². The van der Waals surface area contributed by atoms with Gasteiger partial charge in [0.15, 0.2) is 0 Å². The second-order valence-corrected chi connectivity index (χ2v) is 7.99. The molecule has 210 valence electrons. The molecule has 1 aromatic heterocycles. The van der Waals surface area contributed by atoms with Gasteiger partial charge >= 0.3 is 0 Å². The Morgan fingerprint density at radius 3 is 1.46 bits per heavy atom. The first-order valence-corrected chi connectivity index (χ1v) is 12.8. The Morgan fingerprint density at radius 1 is 0.622 bits per heavy atom. The lowest BCUT2D eigenvalue weighted by molar-refractivity contribution is -0.137. The Labute approximate surface area is 218 Å². The van der Waals surface area contributed by atoms with E-state index in [9.17, 15) is 9.59 Å². The fourth-order valence-corrected chi connectivity index (χ4v) is 3.10. The van der Waals surface area contributed by atoms with Gasteiger partial charge in [-0.3, -0.25) is 14.5 Å². The van der Waals surface area contributed by atoms with Gasteiger partial charge < -0.3 is 37.7 Å². The maximum Gasteiger partial charge on any atom is 0.253 e. The molecule has 1 aliphatic heterocycles. The normalized spacial score (nSPS) is 13.4. The van der Waals surface area contributed by atoms with Crippen LogP contribution >= 0.6 is 0 Å².